The zero-order valence-electron chi connectivity index (χ0n) is 11.1. The highest BCUT2D eigenvalue weighted by molar-refractivity contribution is 7.90. The summed E-state index contributed by atoms with van der Waals surface area (Å²) in [4.78, 5) is 11.0. The third kappa shape index (κ3) is 2.91. The number of sulfone groups is 1. The van der Waals surface area contributed by atoms with Gasteiger partial charge in [0.1, 0.15) is 5.76 Å². The molecular formula is C14H14O5S. The summed E-state index contributed by atoms with van der Waals surface area (Å²) in [5.74, 6) is -1.44. The van der Waals surface area contributed by atoms with Gasteiger partial charge in [-0.1, -0.05) is 17.7 Å². The van der Waals surface area contributed by atoms with Crippen molar-refractivity contribution in [2.45, 2.75) is 24.5 Å². The first kappa shape index (κ1) is 14.3. The predicted molar refractivity (Wildman–Crippen MR) is 72.5 cm³/mol. The lowest BCUT2D eigenvalue weighted by Crippen LogP contribution is -2.05. The van der Waals surface area contributed by atoms with Crippen LogP contribution < -0.4 is 0 Å². The van der Waals surface area contributed by atoms with Crippen molar-refractivity contribution in [3.8, 4) is 0 Å². The minimum atomic E-state index is -3.52. The molecule has 106 valence electrons. The number of carboxylic acids is 1. The molecule has 0 saturated heterocycles. The monoisotopic (exact) mass is 294 g/mol. The second-order valence-electron chi connectivity index (χ2n) is 4.57. The highest BCUT2D eigenvalue weighted by Gasteiger charge is 2.20. The second-order valence-corrected chi connectivity index (χ2v) is 6.56. The molecule has 0 bridgehead atoms. The lowest BCUT2D eigenvalue weighted by atomic mass is 10.2. The summed E-state index contributed by atoms with van der Waals surface area (Å²) in [6.07, 6.45) is 0. The third-order valence-corrected chi connectivity index (χ3v) is 4.64. The fourth-order valence-corrected chi connectivity index (χ4v) is 3.22. The van der Waals surface area contributed by atoms with E-state index in [0.29, 0.717) is 11.3 Å². The standard InChI is InChI=1S/C14H14O5S/c1-9-3-5-12(6-4-9)20(17,18)8-11-7-13(14(15)16)19-10(11)2/h3-7H,8H2,1-2H3,(H,15,16). The SMILES string of the molecule is Cc1ccc(S(=O)(=O)Cc2cc(C(=O)O)oc2C)cc1. The molecule has 0 fully saturated rings. The Kier molecular flexibility index (Phi) is 3.67. The molecule has 0 unspecified atom stereocenters. The van der Waals surface area contributed by atoms with E-state index in [2.05, 4.69) is 0 Å². The minimum absolute atomic E-state index is 0.209. The molecule has 0 radical (unpaired) electrons. The average molecular weight is 294 g/mol. The molecule has 1 aromatic heterocycles. The summed E-state index contributed by atoms with van der Waals surface area (Å²) in [7, 11) is -3.52. The summed E-state index contributed by atoms with van der Waals surface area (Å²) in [6.45, 7) is 3.42. The van der Waals surface area contributed by atoms with Gasteiger partial charge in [-0.2, -0.15) is 0 Å². The molecule has 2 aromatic rings. The average Bonchev–Trinajstić information content (AvgIpc) is 2.71. The Morgan fingerprint density at radius 3 is 2.30 bits per heavy atom. The van der Waals surface area contributed by atoms with Crippen molar-refractivity contribution in [1.82, 2.24) is 0 Å². The highest BCUT2D eigenvalue weighted by atomic mass is 32.2. The number of furan rings is 1. The normalized spacial score (nSPS) is 11.5. The molecule has 0 aliphatic rings. The lowest BCUT2D eigenvalue weighted by molar-refractivity contribution is 0.0661. The molecule has 0 saturated carbocycles. The Labute approximate surface area is 116 Å². The van der Waals surface area contributed by atoms with Crippen LogP contribution in [0.5, 0.6) is 0 Å². The zero-order valence-corrected chi connectivity index (χ0v) is 11.9. The molecule has 1 heterocycles. The third-order valence-electron chi connectivity index (χ3n) is 2.96. The molecule has 0 aliphatic carbocycles. The smallest absolute Gasteiger partial charge is 0.371 e. The van der Waals surface area contributed by atoms with E-state index in [0.717, 1.165) is 5.56 Å². The van der Waals surface area contributed by atoms with Gasteiger partial charge in [0.15, 0.2) is 9.84 Å². The Morgan fingerprint density at radius 2 is 1.80 bits per heavy atom. The van der Waals surface area contributed by atoms with Crippen LogP contribution in [0.4, 0.5) is 0 Å². The van der Waals surface area contributed by atoms with E-state index in [-0.39, 0.29) is 16.4 Å². The Balaban J connectivity index is 2.33. The topological polar surface area (TPSA) is 84.6 Å². The van der Waals surface area contributed by atoms with Gasteiger partial charge in [-0.15, -0.1) is 0 Å². The number of aromatic carboxylic acids is 1. The van der Waals surface area contributed by atoms with Crippen LogP contribution in [-0.2, 0) is 15.6 Å². The van der Waals surface area contributed by atoms with Gasteiger partial charge in [-0.25, -0.2) is 13.2 Å². The van der Waals surface area contributed by atoms with Gasteiger partial charge in [0.25, 0.3) is 0 Å². The van der Waals surface area contributed by atoms with Crippen molar-refractivity contribution < 1.29 is 22.7 Å². The lowest BCUT2D eigenvalue weighted by Gasteiger charge is -2.04. The van der Waals surface area contributed by atoms with E-state index in [1.54, 1.807) is 19.1 Å². The van der Waals surface area contributed by atoms with Crippen molar-refractivity contribution in [2.75, 3.05) is 0 Å². The van der Waals surface area contributed by atoms with Gasteiger partial charge >= 0.3 is 5.97 Å². The molecule has 6 heteroatoms. The fraction of sp³-hybridized carbons (Fsp3) is 0.214. The maximum atomic E-state index is 12.3. The van der Waals surface area contributed by atoms with Crippen LogP contribution in [0, 0.1) is 13.8 Å². The predicted octanol–water partition coefficient (Wildman–Crippen LogP) is 2.57. The molecule has 1 N–H and O–H groups in total. The Hall–Kier alpha value is -2.08. The summed E-state index contributed by atoms with van der Waals surface area (Å²) >= 11 is 0. The van der Waals surface area contributed by atoms with Crippen molar-refractivity contribution in [2.24, 2.45) is 0 Å². The quantitative estimate of drug-likeness (QED) is 0.936. The molecule has 0 spiro atoms. The summed E-state index contributed by atoms with van der Waals surface area (Å²) in [5.41, 5.74) is 1.33. The van der Waals surface area contributed by atoms with Gasteiger partial charge in [0.2, 0.25) is 5.76 Å². The van der Waals surface area contributed by atoms with Gasteiger partial charge in [-0.05, 0) is 32.0 Å². The van der Waals surface area contributed by atoms with Crippen LogP contribution in [0.15, 0.2) is 39.6 Å². The van der Waals surface area contributed by atoms with Crippen molar-refractivity contribution in [1.29, 1.82) is 0 Å². The number of benzene rings is 1. The number of carbonyl (C=O) groups is 1. The summed E-state index contributed by atoms with van der Waals surface area (Å²) in [6, 6.07) is 7.77. The van der Waals surface area contributed by atoms with Crippen LogP contribution in [0.3, 0.4) is 0 Å². The van der Waals surface area contributed by atoms with Gasteiger partial charge in [0, 0.05) is 5.56 Å². The van der Waals surface area contributed by atoms with E-state index >= 15 is 0 Å². The van der Waals surface area contributed by atoms with Crippen molar-refractivity contribution in [3.05, 3.63) is 53.0 Å². The molecule has 0 atom stereocenters. The fourth-order valence-electron chi connectivity index (χ4n) is 1.80. The van der Waals surface area contributed by atoms with Crippen LogP contribution in [0.2, 0.25) is 0 Å². The first-order valence-corrected chi connectivity index (χ1v) is 7.57. The van der Waals surface area contributed by atoms with Gasteiger partial charge in [0.05, 0.1) is 10.6 Å². The maximum absolute atomic E-state index is 12.3. The summed E-state index contributed by atoms with van der Waals surface area (Å²) in [5, 5.41) is 8.83. The van der Waals surface area contributed by atoms with E-state index in [1.165, 1.54) is 18.2 Å². The van der Waals surface area contributed by atoms with Crippen molar-refractivity contribution in [3.63, 3.8) is 0 Å². The van der Waals surface area contributed by atoms with E-state index in [4.69, 9.17) is 9.52 Å². The van der Waals surface area contributed by atoms with Gasteiger partial charge in [-0.3, -0.25) is 0 Å². The number of hydrogen-bond donors (Lipinski definition) is 1. The van der Waals surface area contributed by atoms with Crippen LogP contribution in [-0.4, -0.2) is 19.5 Å². The highest BCUT2D eigenvalue weighted by Crippen LogP contribution is 2.22. The molecule has 2 rings (SSSR count). The van der Waals surface area contributed by atoms with Crippen molar-refractivity contribution >= 4 is 15.8 Å². The van der Waals surface area contributed by atoms with Crippen LogP contribution >= 0.6 is 0 Å². The maximum Gasteiger partial charge on any atom is 0.371 e. The number of hydrogen-bond acceptors (Lipinski definition) is 4. The number of aryl methyl sites for hydroxylation is 2. The Bertz CT molecular complexity index is 738. The van der Waals surface area contributed by atoms with Gasteiger partial charge < -0.3 is 9.52 Å². The number of rotatable bonds is 4. The molecule has 0 aliphatic heterocycles. The second kappa shape index (κ2) is 5.13. The first-order valence-electron chi connectivity index (χ1n) is 5.91. The van der Waals surface area contributed by atoms with E-state index < -0.39 is 15.8 Å². The summed E-state index contributed by atoms with van der Waals surface area (Å²) < 4.78 is 29.5. The number of carboxylic acid groups (broad SMARTS) is 1. The Morgan fingerprint density at radius 1 is 1.20 bits per heavy atom. The van der Waals surface area contributed by atoms with E-state index in [9.17, 15) is 13.2 Å². The largest absolute Gasteiger partial charge is 0.475 e. The molecule has 1 aromatic carbocycles. The van der Waals surface area contributed by atoms with E-state index in [1.807, 2.05) is 6.92 Å². The van der Waals surface area contributed by atoms with Crippen LogP contribution in [0.25, 0.3) is 0 Å². The minimum Gasteiger partial charge on any atom is -0.475 e. The molecule has 5 nitrogen and oxygen atoms in total. The molecule has 0 amide bonds. The molecular weight excluding hydrogens is 280 g/mol. The zero-order chi connectivity index (χ0) is 14.9. The van der Waals surface area contributed by atoms with Crippen LogP contribution in [0.1, 0.15) is 27.4 Å². The molecule has 20 heavy (non-hydrogen) atoms. The first-order chi connectivity index (χ1) is 9.29.